The van der Waals surface area contributed by atoms with Crippen molar-refractivity contribution in [1.82, 2.24) is 5.43 Å². The van der Waals surface area contributed by atoms with Gasteiger partial charge in [-0.25, -0.2) is 5.43 Å². The molecule has 0 radical (unpaired) electrons. The third-order valence-electron chi connectivity index (χ3n) is 4.72. The van der Waals surface area contributed by atoms with Gasteiger partial charge in [-0.15, -0.1) is 0 Å². The summed E-state index contributed by atoms with van der Waals surface area (Å²) in [7, 11) is 0. The van der Waals surface area contributed by atoms with E-state index in [4.69, 9.17) is 0 Å². The maximum Gasteiger partial charge on any atom is 0.271 e. The van der Waals surface area contributed by atoms with E-state index < -0.39 is 0 Å². The summed E-state index contributed by atoms with van der Waals surface area (Å²) in [5.41, 5.74) is 4.56. The number of carbonyl (C=O) groups excluding carboxylic acids is 1. The van der Waals surface area contributed by atoms with Crippen molar-refractivity contribution in [2.75, 3.05) is 0 Å². The molecule has 0 bridgehead atoms. The van der Waals surface area contributed by atoms with Crippen molar-refractivity contribution in [3.05, 3.63) is 35.9 Å². The fourth-order valence-corrected chi connectivity index (χ4v) is 3.58. The van der Waals surface area contributed by atoms with Crippen LogP contribution in [-0.2, 0) is 0 Å². The van der Waals surface area contributed by atoms with Crippen LogP contribution in [0.25, 0.3) is 0 Å². The van der Waals surface area contributed by atoms with Gasteiger partial charge in [0.2, 0.25) is 0 Å². The molecular formula is C17H22N2O. The van der Waals surface area contributed by atoms with Gasteiger partial charge in [0.15, 0.2) is 0 Å². The molecule has 1 aromatic carbocycles. The minimum absolute atomic E-state index is 0.108. The van der Waals surface area contributed by atoms with Crippen molar-refractivity contribution in [1.29, 1.82) is 0 Å². The number of benzene rings is 1. The van der Waals surface area contributed by atoms with Gasteiger partial charge < -0.3 is 0 Å². The second-order valence-corrected chi connectivity index (χ2v) is 6.03. The Morgan fingerprint density at radius 2 is 1.80 bits per heavy atom. The van der Waals surface area contributed by atoms with E-state index in [1.165, 1.54) is 37.8 Å². The molecule has 20 heavy (non-hydrogen) atoms. The minimum Gasteiger partial charge on any atom is -0.267 e. The Balaban J connectivity index is 1.58. The molecule has 0 aliphatic heterocycles. The highest BCUT2D eigenvalue weighted by Gasteiger charge is 2.30. The average Bonchev–Trinajstić information content (AvgIpc) is 2.53. The zero-order valence-electron chi connectivity index (χ0n) is 11.8. The van der Waals surface area contributed by atoms with Crippen molar-refractivity contribution in [3.63, 3.8) is 0 Å². The van der Waals surface area contributed by atoms with E-state index in [2.05, 4.69) is 10.5 Å². The van der Waals surface area contributed by atoms with Gasteiger partial charge >= 0.3 is 0 Å². The Labute approximate surface area is 120 Å². The predicted molar refractivity (Wildman–Crippen MR) is 80.6 cm³/mol. The zero-order chi connectivity index (χ0) is 13.8. The zero-order valence-corrected chi connectivity index (χ0v) is 11.8. The lowest BCUT2D eigenvalue weighted by Gasteiger charge is -2.35. The molecule has 0 saturated heterocycles. The van der Waals surface area contributed by atoms with Gasteiger partial charge in [0.25, 0.3) is 5.91 Å². The van der Waals surface area contributed by atoms with Crippen LogP contribution >= 0.6 is 0 Å². The molecule has 2 saturated carbocycles. The first-order valence-corrected chi connectivity index (χ1v) is 7.74. The standard InChI is InChI=1S/C17H22N2O/c20-17(14-7-2-1-3-8-14)19-18-16-11-10-13-6-4-5-9-15(13)12-16/h1-3,7-8,13,15H,4-6,9-12H2,(H,19,20)/b18-16-/t13-,15-/m0/s1. The Hall–Kier alpha value is -1.64. The highest BCUT2D eigenvalue weighted by atomic mass is 16.2. The van der Waals surface area contributed by atoms with Crippen molar-refractivity contribution in [2.24, 2.45) is 16.9 Å². The SMILES string of the molecule is O=C(N/N=C1/CC[C@@H]2CCCC[C@H]2C1)c1ccccc1. The molecule has 0 spiro atoms. The lowest BCUT2D eigenvalue weighted by atomic mass is 9.70. The number of hydrogen-bond acceptors (Lipinski definition) is 2. The number of nitrogens with one attached hydrogen (secondary N) is 1. The molecule has 1 N–H and O–H groups in total. The summed E-state index contributed by atoms with van der Waals surface area (Å²) in [4.78, 5) is 12.0. The summed E-state index contributed by atoms with van der Waals surface area (Å²) >= 11 is 0. The summed E-state index contributed by atoms with van der Waals surface area (Å²) in [5.74, 6) is 1.61. The number of rotatable bonds is 2. The smallest absolute Gasteiger partial charge is 0.267 e. The van der Waals surface area contributed by atoms with E-state index in [0.29, 0.717) is 5.56 Å². The lowest BCUT2D eigenvalue weighted by molar-refractivity contribution is 0.0954. The van der Waals surface area contributed by atoms with E-state index in [-0.39, 0.29) is 5.91 Å². The van der Waals surface area contributed by atoms with E-state index in [1.807, 2.05) is 30.3 Å². The highest BCUT2D eigenvalue weighted by molar-refractivity contribution is 5.95. The van der Waals surface area contributed by atoms with Crippen LogP contribution in [0.15, 0.2) is 35.4 Å². The Morgan fingerprint density at radius 3 is 2.60 bits per heavy atom. The van der Waals surface area contributed by atoms with Crippen molar-refractivity contribution < 1.29 is 4.79 Å². The van der Waals surface area contributed by atoms with Crippen LogP contribution in [0.4, 0.5) is 0 Å². The average molecular weight is 270 g/mol. The van der Waals surface area contributed by atoms with Crippen LogP contribution < -0.4 is 5.43 Å². The van der Waals surface area contributed by atoms with E-state index in [1.54, 1.807) is 0 Å². The summed E-state index contributed by atoms with van der Waals surface area (Å²) in [6.45, 7) is 0. The van der Waals surface area contributed by atoms with Gasteiger partial charge in [-0.2, -0.15) is 5.10 Å². The van der Waals surface area contributed by atoms with E-state index in [9.17, 15) is 4.79 Å². The molecule has 106 valence electrons. The number of carbonyl (C=O) groups is 1. The minimum atomic E-state index is -0.108. The third kappa shape index (κ3) is 3.09. The Kier molecular flexibility index (Phi) is 4.14. The molecule has 3 heteroatoms. The molecule has 2 atom stereocenters. The lowest BCUT2D eigenvalue weighted by Crippen LogP contribution is -2.29. The molecule has 0 unspecified atom stereocenters. The second kappa shape index (κ2) is 6.21. The van der Waals surface area contributed by atoms with Crippen molar-refractivity contribution >= 4 is 11.6 Å². The van der Waals surface area contributed by atoms with Crippen LogP contribution in [-0.4, -0.2) is 11.6 Å². The Morgan fingerprint density at radius 1 is 1.05 bits per heavy atom. The largest absolute Gasteiger partial charge is 0.271 e. The van der Waals surface area contributed by atoms with Gasteiger partial charge in [0.05, 0.1) is 0 Å². The summed E-state index contributed by atoms with van der Waals surface area (Å²) < 4.78 is 0. The number of nitrogens with zero attached hydrogens (tertiary/aromatic N) is 1. The normalized spacial score (nSPS) is 27.9. The number of fused-ring (bicyclic) bond motifs is 1. The molecular weight excluding hydrogens is 248 g/mol. The summed E-state index contributed by atoms with van der Waals surface area (Å²) in [6, 6.07) is 9.28. The van der Waals surface area contributed by atoms with Gasteiger partial charge in [-0.3, -0.25) is 4.79 Å². The van der Waals surface area contributed by atoms with Crippen LogP contribution in [0.2, 0.25) is 0 Å². The number of amides is 1. The fraction of sp³-hybridized carbons (Fsp3) is 0.529. The molecule has 2 fully saturated rings. The van der Waals surface area contributed by atoms with E-state index in [0.717, 1.165) is 24.7 Å². The van der Waals surface area contributed by atoms with Crippen LogP contribution in [0.3, 0.4) is 0 Å². The first-order chi connectivity index (χ1) is 9.83. The third-order valence-corrected chi connectivity index (χ3v) is 4.72. The maximum atomic E-state index is 12.0. The van der Waals surface area contributed by atoms with Gasteiger partial charge in [0.1, 0.15) is 0 Å². The molecule has 2 aliphatic rings. The molecule has 2 aliphatic carbocycles. The second-order valence-electron chi connectivity index (χ2n) is 6.03. The number of hydrogen-bond donors (Lipinski definition) is 1. The molecule has 0 heterocycles. The fourth-order valence-electron chi connectivity index (χ4n) is 3.58. The van der Waals surface area contributed by atoms with Crippen molar-refractivity contribution in [2.45, 2.75) is 44.9 Å². The molecule has 3 nitrogen and oxygen atoms in total. The Bertz CT molecular complexity index is 495. The van der Waals surface area contributed by atoms with Crippen LogP contribution in [0.1, 0.15) is 55.3 Å². The first-order valence-electron chi connectivity index (χ1n) is 7.74. The van der Waals surface area contributed by atoms with Gasteiger partial charge in [-0.1, -0.05) is 37.5 Å². The van der Waals surface area contributed by atoms with Crippen LogP contribution in [0.5, 0.6) is 0 Å². The van der Waals surface area contributed by atoms with E-state index >= 15 is 0 Å². The van der Waals surface area contributed by atoms with Gasteiger partial charge in [0, 0.05) is 11.3 Å². The highest BCUT2D eigenvalue weighted by Crippen LogP contribution is 2.39. The molecule has 1 aromatic rings. The maximum absolute atomic E-state index is 12.0. The molecule has 3 rings (SSSR count). The molecule has 0 aromatic heterocycles. The van der Waals surface area contributed by atoms with Crippen molar-refractivity contribution in [3.8, 4) is 0 Å². The first kappa shape index (κ1) is 13.3. The van der Waals surface area contributed by atoms with Gasteiger partial charge in [-0.05, 0) is 49.7 Å². The predicted octanol–water partition coefficient (Wildman–Crippen LogP) is 3.76. The van der Waals surface area contributed by atoms with Crippen LogP contribution in [0, 0.1) is 11.8 Å². The summed E-state index contributed by atoms with van der Waals surface area (Å²) in [5, 5.41) is 4.37. The number of hydrazone groups is 1. The summed E-state index contributed by atoms with van der Waals surface area (Å²) in [6.07, 6.45) is 8.90. The monoisotopic (exact) mass is 270 g/mol. The quantitative estimate of drug-likeness (QED) is 0.817. The molecule has 1 amide bonds. The topological polar surface area (TPSA) is 41.5 Å².